The van der Waals surface area contributed by atoms with E-state index in [2.05, 4.69) is 9.72 Å². The maximum Gasteiger partial charge on any atom is 0.573 e. The van der Waals surface area contributed by atoms with Crippen molar-refractivity contribution in [2.24, 2.45) is 18.4 Å². The summed E-state index contributed by atoms with van der Waals surface area (Å²) in [6.45, 7) is 0.882. The van der Waals surface area contributed by atoms with E-state index in [1.165, 1.54) is 44.9 Å². The van der Waals surface area contributed by atoms with Crippen molar-refractivity contribution >= 4 is 40.1 Å². The molecule has 0 unspecified atom stereocenters. The smallest absolute Gasteiger partial charge is 0.508 e. The van der Waals surface area contributed by atoms with E-state index in [4.69, 9.17) is 21.1 Å². The average molecular weight is 841 g/mol. The van der Waals surface area contributed by atoms with Crippen molar-refractivity contribution in [3.63, 3.8) is 0 Å². The number of allylic oxidation sites excluding steroid dienone is 2. The predicted octanol–water partition coefficient (Wildman–Crippen LogP) is 4.58. The molecule has 3 aliphatic rings. The Labute approximate surface area is 334 Å². The van der Waals surface area contributed by atoms with E-state index < -0.39 is 75.7 Å². The number of anilines is 1. The first-order valence-electron chi connectivity index (χ1n) is 18.0. The van der Waals surface area contributed by atoms with Gasteiger partial charge in [0.15, 0.2) is 11.5 Å². The van der Waals surface area contributed by atoms with E-state index in [1.807, 2.05) is 0 Å². The number of phenols is 1. The summed E-state index contributed by atoms with van der Waals surface area (Å²) < 4.78 is 73.9. The molecule has 5 aromatic rings. The molecule has 2 fully saturated rings. The topological polar surface area (TPSA) is 169 Å². The third-order valence-corrected chi connectivity index (χ3v) is 11.8. The van der Waals surface area contributed by atoms with Gasteiger partial charge in [0.1, 0.15) is 23.0 Å². The van der Waals surface area contributed by atoms with E-state index >= 15 is 0 Å². The zero-order chi connectivity index (χ0) is 42.5. The summed E-state index contributed by atoms with van der Waals surface area (Å²) in [5.41, 5.74) is -3.09. The lowest BCUT2D eigenvalue weighted by Crippen LogP contribution is -2.49. The summed E-state index contributed by atoms with van der Waals surface area (Å²) in [6.07, 6.45) is -3.99. The number of aryl methyl sites for hydroxylation is 2. The second-order valence-electron chi connectivity index (χ2n) is 14.6. The summed E-state index contributed by atoms with van der Waals surface area (Å²) in [6, 6.07) is 7.99. The maximum absolute atomic E-state index is 14.6. The number of alkyl halides is 3. The van der Waals surface area contributed by atoms with Gasteiger partial charge in [0, 0.05) is 43.6 Å². The van der Waals surface area contributed by atoms with Gasteiger partial charge >= 0.3 is 17.7 Å². The van der Waals surface area contributed by atoms with Crippen molar-refractivity contribution in [1.29, 1.82) is 0 Å². The number of phenolic OH excluding ortho intramolecular Hbond substituents is 1. The highest BCUT2D eigenvalue weighted by atomic mass is 35.5. The molecular formula is C39H33ClF4N6O9. The van der Waals surface area contributed by atoms with Gasteiger partial charge in [-0.3, -0.25) is 14.4 Å². The molecule has 1 saturated heterocycles. The Morgan fingerprint density at radius 3 is 2.37 bits per heavy atom. The van der Waals surface area contributed by atoms with Gasteiger partial charge in [0.05, 0.1) is 59.9 Å². The number of carbonyl (C=O) groups excluding carboxylic acids is 2. The van der Waals surface area contributed by atoms with Crippen molar-refractivity contribution in [2.45, 2.75) is 51.2 Å². The normalized spacial score (nSPS) is 21.3. The van der Waals surface area contributed by atoms with Gasteiger partial charge < -0.3 is 23.9 Å². The molecule has 0 radical (unpaired) electrons. The van der Waals surface area contributed by atoms with E-state index in [1.54, 1.807) is 12.1 Å². The Morgan fingerprint density at radius 2 is 1.69 bits per heavy atom. The number of hydrogen-bond acceptors (Lipinski definition) is 10. The van der Waals surface area contributed by atoms with Crippen LogP contribution in [0, 0.1) is 17.2 Å². The van der Waals surface area contributed by atoms with Gasteiger partial charge in [-0.15, -0.1) is 13.2 Å². The van der Waals surface area contributed by atoms with Crippen LogP contribution in [0.2, 0.25) is 5.02 Å². The standard InChI is InChI=1S/C39H33ClF4N6O9/c1-38-22(33(52)49(35(38)54)18-5-7-24(41)23(40)13-18)15-27-20(32(38)21-14-19(6-8-29(21)51)59-39(42,43)44)9-12-48-36(55)47(37(56)50(27)48)11-10-25-34(53)46(2)28-17-31(58-4)30(57-3)16-26(28)45-25/h5-9,13-14,16-17,22,27,32,51H,10-12,15H2,1-4H3/t22-,27+,32+,38+/m0/s1. The summed E-state index contributed by atoms with van der Waals surface area (Å²) in [7, 11) is 4.42. The van der Waals surface area contributed by atoms with Crippen LogP contribution in [0.4, 0.5) is 23.2 Å². The van der Waals surface area contributed by atoms with Crippen molar-refractivity contribution in [3.8, 4) is 23.0 Å². The van der Waals surface area contributed by atoms with Crippen molar-refractivity contribution in [3.05, 3.63) is 114 Å². The summed E-state index contributed by atoms with van der Waals surface area (Å²) in [4.78, 5) is 76.1. The fourth-order valence-electron chi connectivity index (χ4n) is 8.78. The van der Waals surface area contributed by atoms with Gasteiger partial charge in [-0.2, -0.15) is 0 Å². The Hall–Kier alpha value is -6.37. The molecule has 308 valence electrons. The number of benzene rings is 3. The second-order valence-corrected chi connectivity index (χ2v) is 15.0. The number of carbonyl (C=O) groups is 2. The predicted molar refractivity (Wildman–Crippen MR) is 202 cm³/mol. The molecule has 1 saturated carbocycles. The molecule has 2 amide bonds. The van der Waals surface area contributed by atoms with Gasteiger partial charge in [-0.1, -0.05) is 17.7 Å². The maximum atomic E-state index is 14.6. The van der Waals surface area contributed by atoms with Crippen molar-refractivity contribution in [1.82, 2.24) is 23.5 Å². The molecule has 2 aliphatic heterocycles. The number of imide groups is 1. The quantitative estimate of drug-likeness (QED) is 0.133. The minimum absolute atomic E-state index is 0.0347. The zero-order valence-electron chi connectivity index (χ0n) is 31.5. The lowest BCUT2D eigenvalue weighted by Gasteiger charge is -2.47. The van der Waals surface area contributed by atoms with Crippen LogP contribution in [0.25, 0.3) is 11.0 Å². The number of fused-ring (bicyclic) bond motifs is 5. The number of aromatic nitrogens is 5. The number of ether oxygens (including phenoxy) is 3. The van der Waals surface area contributed by atoms with Crippen LogP contribution in [0.5, 0.6) is 23.0 Å². The lowest BCUT2D eigenvalue weighted by molar-refractivity contribution is -0.274. The Bertz CT molecular complexity index is 2850. The van der Waals surface area contributed by atoms with Gasteiger partial charge in [-0.25, -0.2) is 37.8 Å². The van der Waals surface area contributed by atoms with Crippen molar-refractivity contribution in [2.75, 3.05) is 19.1 Å². The van der Waals surface area contributed by atoms with Crippen molar-refractivity contribution < 1.29 is 46.5 Å². The largest absolute Gasteiger partial charge is 0.573 e. The molecule has 20 heteroatoms. The summed E-state index contributed by atoms with van der Waals surface area (Å²) in [5, 5.41) is 10.9. The number of hydrogen-bond donors (Lipinski definition) is 1. The van der Waals surface area contributed by atoms with E-state index in [0.717, 1.165) is 49.2 Å². The van der Waals surface area contributed by atoms with Crippen LogP contribution >= 0.6 is 11.6 Å². The molecule has 59 heavy (non-hydrogen) atoms. The molecule has 1 aliphatic carbocycles. The third-order valence-electron chi connectivity index (χ3n) is 11.5. The molecule has 8 rings (SSSR count). The van der Waals surface area contributed by atoms with E-state index in [-0.39, 0.29) is 53.5 Å². The number of aromatic hydroxyl groups is 1. The number of amides is 2. The van der Waals surface area contributed by atoms with Crippen LogP contribution in [0.15, 0.2) is 74.6 Å². The Balaban J connectivity index is 1.23. The molecule has 0 spiro atoms. The fourth-order valence-corrected chi connectivity index (χ4v) is 8.96. The highest BCUT2D eigenvalue weighted by molar-refractivity contribution is 6.31. The Morgan fingerprint density at radius 1 is 0.983 bits per heavy atom. The monoisotopic (exact) mass is 840 g/mol. The zero-order valence-corrected chi connectivity index (χ0v) is 32.3. The van der Waals surface area contributed by atoms with Crippen LogP contribution in [0.3, 0.4) is 0 Å². The first kappa shape index (κ1) is 39.5. The molecule has 4 atom stereocenters. The number of halogens is 5. The molecular weight excluding hydrogens is 808 g/mol. The first-order valence-corrected chi connectivity index (χ1v) is 18.4. The number of nitrogens with zero attached hydrogens (tertiary/aromatic N) is 6. The molecule has 1 N–H and O–H groups in total. The molecule has 3 aromatic carbocycles. The molecule has 0 bridgehead atoms. The number of rotatable bonds is 8. The van der Waals surface area contributed by atoms with E-state index in [9.17, 15) is 46.6 Å². The number of methoxy groups -OCH3 is 2. The molecule has 2 aromatic heterocycles. The van der Waals surface area contributed by atoms with Gasteiger partial charge in [0.25, 0.3) is 5.56 Å². The first-order chi connectivity index (χ1) is 27.9. The van der Waals surface area contributed by atoms with Crippen LogP contribution < -0.4 is 36.0 Å². The highest BCUT2D eigenvalue weighted by Gasteiger charge is 2.66. The summed E-state index contributed by atoms with van der Waals surface area (Å²) >= 11 is 6.03. The lowest BCUT2D eigenvalue weighted by atomic mass is 9.56. The molecule has 4 heterocycles. The highest BCUT2D eigenvalue weighted by Crippen LogP contribution is 2.62. The van der Waals surface area contributed by atoms with Crippen LogP contribution in [-0.2, 0) is 36.1 Å². The summed E-state index contributed by atoms with van der Waals surface area (Å²) in [5.74, 6) is -5.63. The second kappa shape index (κ2) is 13.9. The van der Waals surface area contributed by atoms with E-state index in [0.29, 0.717) is 22.5 Å². The third kappa shape index (κ3) is 6.08. The Kier molecular flexibility index (Phi) is 9.29. The van der Waals surface area contributed by atoms with Gasteiger partial charge in [-0.05, 0) is 55.3 Å². The van der Waals surface area contributed by atoms with Crippen LogP contribution in [0.1, 0.15) is 36.6 Å². The minimum Gasteiger partial charge on any atom is -0.508 e. The minimum atomic E-state index is -5.13. The fraction of sp³-hybridized carbons (Fsp3) is 0.333. The van der Waals surface area contributed by atoms with Crippen LogP contribution in [-0.4, -0.2) is 61.0 Å². The SMILES string of the molecule is COc1cc2nc(CCn3c(=O)n4n(c3=O)[C@@H]3C[C@H]5C(=O)N(c6ccc(F)c(Cl)c6)C(=O)[C@@]5(C)[C@@H](c5cc(OC(F)(F)F)ccc5O)C3=CC4)c(=O)n(C)c2cc1OC. The molecule has 15 nitrogen and oxygen atoms in total. The van der Waals surface area contributed by atoms with Gasteiger partial charge in [0.2, 0.25) is 11.8 Å². The average Bonchev–Trinajstić information content (AvgIpc) is 3.55.